The Bertz CT molecular complexity index is 178. The van der Waals surface area contributed by atoms with Gasteiger partial charge in [0.2, 0.25) is 0 Å². The number of hydrogen-bond donors (Lipinski definition) is 0. The van der Waals surface area contributed by atoms with E-state index in [2.05, 4.69) is 51.8 Å². The topological polar surface area (TPSA) is 9.23 Å². The van der Waals surface area contributed by atoms with Crippen molar-refractivity contribution in [2.24, 2.45) is 0 Å². The highest BCUT2D eigenvalue weighted by Crippen LogP contribution is 2.29. The zero-order valence-corrected chi connectivity index (χ0v) is 16.1. The van der Waals surface area contributed by atoms with Gasteiger partial charge in [0.05, 0.1) is 7.66 Å². The van der Waals surface area contributed by atoms with Crippen LogP contribution < -0.4 is 0 Å². The summed E-state index contributed by atoms with van der Waals surface area (Å²) in [6.07, 6.45) is 6.60. The summed E-state index contributed by atoms with van der Waals surface area (Å²) in [5, 5.41) is 0. The molecule has 0 fully saturated rings. The Labute approximate surface area is 125 Å². The van der Waals surface area contributed by atoms with E-state index in [1.54, 1.807) is 0 Å². The quantitative estimate of drug-likeness (QED) is 0.171. The SMILES string of the molecule is C=C(C)COCCCCCCC([SiH3])(I)I. The molecule has 4 heteroatoms. The van der Waals surface area contributed by atoms with Crippen molar-refractivity contribution in [2.45, 2.75) is 40.1 Å². The lowest BCUT2D eigenvalue weighted by atomic mass is 10.2. The maximum absolute atomic E-state index is 5.45. The van der Waals surface area contributed by atoms with Gasteiger partial charge in [-0.2, -0.15) is 0 Å². The predicted octanol–water partition coefficient (Wildman–Crippen LogP) is 3.42. The molecule has 0 atom stereocenters. The lowest BCUT2D eigenvalue weighted by molar-refractivity contribution is 0.151. The Balaban J connectivity index is 3.09. The van der Waals surface area contributed by atoms with Crippen LogP contribution in [0.2, 0.25) is 0 Å². The second-order valence-corrected chi connectivity index (χ2v) is 16.8. The molecule has 0 aliphatic heterocycles. The molecule has 0 radical (unpaired) electrons. The average Bonchev–Trinajstić information content (AvgIpc) is 2.07. The maximum atomic E-state index is 5.45. The van der Waals surface area contributed by atoms with Crippen LogP contribution in [0.5, 0.6) is 0 Å². The molecule has 0 N–H and O–H groups in total. The lowest BCUT2D eigenvalue weighted by Gasteiger charge is -2.13. The van der Waals surface area contributed by atoms with Crippen LogP contribution in [0.3, 0.4) is 0 Å². The molecule has 0 aromatic rings. The second kappa shape index (κ2) is 9.41. The number of alkyl halides is 2. The van der Waals surface area contributed by atoms with E-state index in [-0.39, 0.29) is 0 Å². The third-order valence-electron chi connectivity index (χ3n) is 2.00. The van der Waals surface area contributed by atoms with Gasteiger partial charge in [0.25, 0.3) is 0 Å². The van der Waals surface area contributed by atoms with Crippen molar-refractivity contribution >= 4 is 55.4 Å². The molecule has 15 heavy (non-hydrogen) atoms. The van der Waals surface area contributed by atoms with Gasteiger partial charge in [-0.3, -0.25) is 0 Å². The summed E-state index contributed by atoms with van der Waals surface area (Å²) >= 11 is 5.14. The van der Waals surface area contributed by atoms with Crippen molar-refractivity contribution in [3.05, 3.63) is 12.2 Å². The summed E-state index contributed by atoms with van der Waals surface area (Å²) in [7, 11) is 1.29. The highest BCUT2D eigenvalue weighted by molar-refractivity contribution is 14.2. The predicted molar refractivity (Wildman–Crippen MR) is 89.4 cm³/mol. The summed E-state index contributed by atoms with van der Waals surface area (Å²) in [5.41, 5.74) is 1.12. The third kappa shape index (κ3) is 15.4. The molecule has 90 valence electrons. The van der Waals surface area contributed by atoms with Crippen molar-refractivity contribution in [3.63, 3.8) is 0 Å². The van der Waals surface area contributed by atoms with E-state index < -0.39 is 0 Å². The number of hydrogen-bond acceptors (Lipinski definition) is 1. The molecule has 0 aliphatic carbocycles. The second-order valence-electron chi connectivity index (χ2n) is 4.24. The van der Waals surface area contributed by atoms with E-state index in [1.807, 2.05) is 6.92 Å². The van der Waals surface area contributed by atoms with Gasteiger partial charge in [0, 0.05) is 16.8 Å². The van der Waals surface area contributed by atoms with E-state index >= 15 is 0 Å². The van der Waals surface area contributed by atoms with Crippen molar-refractivity contribution in [1.29, 1.82) is 0 Å². The van der Waals surface area contributed by atoms with Crippen molar-refractivity contribution in [1.82, 2.24) is 0 Å². The molecule has 0 rings (SSSR count). The Morgan fingerprint density at radius 2 is 1.87 bits per heavy atom. The largest absolute Gasteiger partial charge is 0.377 e. The number of halogens is 2. The van der Waals surface area contributed by atoms with Gasteiger partial charge < -0.3 is 4.74 Å². The van der Waals surface area contributed by atoms with Crippen molar-refractivity contribution in [3.8, 4) is 0 Å². The first-order valence-corrected chi connectivity index (χ1v) is 8.67. The van der Waals surface area contributed by atoms with Crippen LogP contribution in [0.1, 0.15) is 39.0 Å². The van der Waals surface area contributed by atoms with E-state index in [0.717, 1.165) is 18.8 Å². The fourth-order valence-electron chi connectivity index (χ4n) is 1.24. The third-order valence-corrected chi connectivity index (χ3v) is 3.58. The molecule has 0 aromatic carbocycles. The minimum Gasteiger partial charge on any atom is -0.377 e. The first-order chi connectivity index (χ1) is 6.92. The summed E-state index contributed by atoms with van der Waals surface area (Å²) < 4.78 is 6.02. The Hall–Kier alpha value is 1.38. The van der Waals surface area contributed by atoms with E-state index in [4.69, 9.17) is 4.74 Å². The highest BCUT2D eigenvalue weighted by Gasteiger charge is 2.12. The first-order valence-electron chi connectivity index (χ1n) is 5.52. The number of rotatable bonds is 9. The molecule has 0 bridgehead atoms. The molecule has 0 saturated heterocycles. The molecule has 0 amide bonds. The summed E-state index contributed by atoms with van der Waals surface area (Å²) in [6.45, 7) is 7.44. The van der Waals surface area contributed by atoms with E-state index in [1.165, 1.54) is 42.3 Å². The minimum absolute atomic E-state index is 0.575. The molecular weight excluding hydrogens is 430 g/mol. The van der Waals surface area contributed by atoms with Gasteiger partial charge in [-0.15, -0.1) is 0 Å². The van der Waals surface area contributed by atoms with Crippen LogP contribution in [0.15, 0.2) is 12.2 Å². The van der Waals surface area contributed by atoms with E-state index in [9.17, 15) is 0 Å². The number of unbranched alkanes of at least 4 members (excludes halogenated alkanes) is 3. The summed E-state index contributed by atoms with van der Waals surface area (Å²) in [5.74, 6) is 0. The Morgan fingerprint density at radius 1 is 1.27 bits per heavy atom. The van der Waals surface area contributed by atoms with Crippen LogP contribution in [0, 0.1) is 0 Å². The van der Waals surface area contributed by atoms with E-state index in [0.29, 0.717) is 1.05 Å². The summed E-state index contributed by atoms with van der Waals surface area (Å²) in [6, 6.07) is 0. The average molecular weight is 452 g/mol. The fourth-order valence-corrected chi connectivity index (χ4v) is 2.36. The zero-order valence-electron chi connectivity index (χ0n) is 9.82. The number of ether oxygens (including phenoxy) is 1. The maximum Gasteiger partial charge on any atom is 0.0671 e. The molecule has 0 aromatic heterocycles. The highest BCUT2D eigenvalue weighted by atomic mass is 127. The first kappa shape index (κ1) is 16.4. The minimum atomic E-state index is 0.575. The molecular formula is C11H22I2OSi. The smallest absolute Gasteiger partial charge is 0.0671 e. The standard InChI is InChI=1S/C11H22I2OSi/c1-10(2)9-14-8-6-4-3-5-7-11(12,13)15/h1,3-9H2,2,15H3. The van der Waals surface area contributed by atoms with Gasteiger partial charge in [-0.25, -0.2) is 0 Å². The van der Waals surface area contributed by atoms with Crippen LogP contribution in [0.4, 0.5) is 0 Å². The van der Waals surface area contributed by atoms with Crippen molar-refractivity contribution < 1.29 is 4.74 Å². The normalized spacial score (nSPS) is 11.9. The summed E-state index contributed by atoms with van der Waals surface area (Å²) in [4.78, 5) is 0. The monoisotopic (exact) mass is 452 g/mol. The van der Waals surface area contributed by atoms with Gasteiger partial charge in [0.1, 0.15) is 0 Å². The Kier molecular flexibility index (Phi) is 10.3. The molecule has 0 aliphatic rings. The van der Waals surface area contributed by atoms with Gasteiger partial charge >= 0.3 is 0 Å². The molecule has 0 unspecified atom stereocenters. The van der Waals surface area contributed by atoms with Gasteiger partial charge in [-0.1, -0.05) is 76.6 Å². The molecule has 0 heterocycles. The molecule has 0 saturated carbocycles. The van der Waals surface area contributed by atoms with Crippen LogP contribution in [0.25, 0.3) is 0 Å². The van der Waals surface area contributed by atoms with Crippen LogP contribution in [-0.2, 0) is 4.74 Å². The molecule has 1 nitrogen and oxygen atoms in total. The lowest BCUT2D eigenvalue weighted by Crippen LogP contribution is -2.09. The van der Waals surface area contributed by atoms with Gasteiger partial charge in [0.15, 0.2) is 0 Å². The molecule has 0 spiro atoms. The van der Waals surface area contributed by atoms with Crippen LogP contribution in [-0.4, -0.2) is 24.5 Å². The zero-order chi connectivity index (χ0) is 11.7. The fraction of sp³-hybridized carbons (Fsp3) is 0.818. The van der Waals surface area contributed by atoms with Crippen molar-refractivity contribution in [2.75, 3.05) is 13.2 Å². The Morgan fingerprint density at radius 3 is 2.40 bits per heavy atom. The van der Waals surface area contributed by atoms with Crippen LogP contribution >= 0.6 is 45.2 Å². The van der Waals surface area contributed by atoms with Gasteiger partial charge in [-0.05, 0) is 19.8 Å².